The van der Waals surface area contributed by atoms with Gasteiger partial charge in [0, 0.05) is 11.0 Å². The first-order valence-electron chi connectivity index (χ1n) is 10.7. The van der Waals surface area contributed by atoms with Crippen molar-refractivity contribution in [2.75, 3.05) is 0 Å². The zero-order chi connectivity index (χ0) is 20.0. The van der Waals surface area contributed by atoms with Gasteiger partial charge in [-0.25, -0.2) is 0 Å². The van der Waals surface area contributed by atoms with Crippen LogP contribution in [0.5, 0.6) is 0 Å². The van der Waals surface area contributed by atoms with Gasteiger partial charge in [-0.2, -0.15) is 0 Å². The number of aliphatic carboxylic acids is 1. The van der Waals surface area contributed by atoms with Crippen molar-refractivity contribution < 1.29 is 14.7 Å². The summed E-state index contributed by atoms with van der Waals surface area (Å²) in [5.41, 5.74) is 3.15. The zero-order valence-corrected chi connectivity index (χ0v) is 17.6. The molecule has 0 aliphatic heterocycles. The fourth-order valence-corrected chi connectivity index (χ4v) is 5.11. The molecule has 1 N–H and O–H groups in total. The summed E-state index contributed by atoms with van der Waals surface area (Å²) in [4.78, 5) is 26.1. The van der Waals surface area contributed by atoms with E-state index in [4.69, 9.17) is 0 Å². The van der Waals surface area contributed by atoms with E-state index in [1.165, 1.54) is 0 Å². The van der Waals surface area contributed by atoms with Crippen LogP contribution in [0.15, 0.2) is 12.1 Å². The minimum atomic E-state index is -0.788. The second-order valence-corrected chi connectivity index (χ2v) is 8.56. The molecule has 0 bridgehead atoms. The molecule has 1 aliphatic rings. The van der Waals surface area contributed by atoms with Gasteiger partial charge in [0.2, 0.25) is 0 Å². The Kier molecular flexibility index (Phi) is 7.64. The molecule has 0 radical (unpaired) electrons. The number of benzene rings is 1. The number of carbonyl (C=O) groups is 2. The van der Waals surface area contributed by atoms with Gasteiger partial charge >= 0.3 is 5.97 Å². The van der Waals surface area contributed by atoms with Crippen LogP contribution in [-0.2, 0) is 4.79 Å². The summed E-state index contributed by atoms with van der Waals surface area (Å²) in [6, 6.07) is 4.10. The van der Waals surface area contributed by atoms with Crippen LogP contribution in [0.25, 0.3) is 0 Å². The normalized spacial score (nSPS) is 17.5. The highest BCUT2D eigenvalue weighted by Crippen LogP contribution is 2.48. The van der Waals surface area contributed by atoms with Gasteiger partial charge in [-0.05, 0) is 51.2 Å². The number of ketones is 1. The molecular formula is C24H36O3. The molecule has 0 saturated heterocycles. The lowest BCUT2D eigenvalue weighted by Gasteiger charge is -2.41. The van der Waals surface area contributed by atoms with E-state index in [0.29, 0.717) is 19.3 Å². The summed E-state index contributed by atoms with van der Waals surface area (Å²) in [5.74, 6) is -1.27. The van der Waals surface area contributed by atoms with E-state index in [-0.39, 0.29) is 5.78 Å². The molecule has 3 heteroatoms. The van der Waals surface area contributed by atoms with Gasteiger partial charge < -0.3 is 5.11 Å². The zero-order valence-electron chi connectivity index (χ0n) is 17.6. The lowest BCUT2D eigenvalue weighted by molar-refractivity contribution is -0.146. The fraction of sp³-hybridized carbons (Fsp3) is 0.667. The topological polar surface area (TPSA) is 54.4 Å². The van der Waals surface area contributed by atoms with Crippen LogP contribution >= 0.6 is 0 Å². The Morgan fingerprint density at radius 2 is 1.59 bits per heavy atom. The molecule has 1 aromatic rings. The Morgan fingerprint density at radius 3 is 2.11 bits per heavy atom. The number of hydrogen-bond donors (Lipinski definition) is 1. The minimum Gasteiger partial charge on any atom is -0.481 e. The van der Waals surface area contributed by atoms with Gasteiger partial charge in [0.25, 0.3) is 0 Å². The molecule has 0 aromatic heterocycles. The summed E-state index contributed by atoms with van der Waals surface area (Å²) in [6.45, 7) is 8.17. The van der Waals surface area contributed by atoms with E-state index in [9.17, 15) is 14.7 Å². The van der Waals surface area contributed by atoms with E-state index < -0.39 is 17.3 Å². The maximum absolute atomic E-state index is 13.8. The van der Waals surface area contributed by atoms with Crippen LogP contribution in [0.2, 0.25) is 0 Å². The quantitative estimate of drug-likeness (QED) is 0.402. The maximum atomic E-state index is 13.8. The number of unbranched alkanes of at least 4 members (excludes halogenated alkanes) is 3. The first-order chi connectivity index (χ1) is 12.8. The Morgan fingerprint density at radius 1 is 1.00 bits per heavy atom. The Hall–Kier alpha value is -1.64. The fourth-order valence-electron chi connectivity index (χ4n) is 5.11. The average molecular weight is 373 g/mol. The number of rotatable bonds is 9. The number of aryl methyl sites for hydroxylation is 3. The summed E-state index contributed by atoms with van der Waals surface area (Å²) in [6.07, 6.45) is 9.25. The summed E-state index contributed by atoms with van der Waals surface area (Å²) < 4.78 is 0. The minimum absolute atomic E-state index is 0.0834. The van der Waals surface area contributed by atoms with Gasteiger partial charge in [0.1, 0.15) is 0 Å². The first-order valence-corrected chi connectivity index (χ1v) is 10.7. The third-order valence-corrected chi connectivity index (χ3v) is 6.41. The van der Waals surface area contributed by atoms with Crippen molar-refractivity contribution in [3.63, 3.8) is 0 Å². The largest absolute Gasteiger partial charge is 0.481 e. The van der Waals surface area contributed by atoms with E-state index in [1.54, 1.807) is 0 Å². The van der Waals surface area contributed by atoms with E-state index in [2.05, 4.69) is 6.92 Å². The van der Waals surface area contributed by atoms with Gasteiger partial charge in [0.05, 0.1) is 5.92 Å². The molecule has 2 rings (SSSR count). The van der Waals surface area contributed by atoms with Crippen molar-refractivity contribution in [1.29, 1.82) is 0 Å². The third kappa shape index (κ3) is 4.80. The molecule has 1 fully saturated rings. The predicted octanol–water partition coefficient (Wildman–Crippen LogP) is 6.42. The molecule has 1 unspecified atom stereocenters. The van der Waals surface area contributed by atoms with Gasteiger partial charge in [-0.3, -0.25) is 9.59 Å². The average Bonchev–Trinajstić information content (AvgIpc) is 2.61. The molecule has 1 saturated carbocycles. The van der Waals surface area contributed by atoms with Crippen LogP contribution in [0.1, 0.15) is 98.2 Å². The van der Waals surface area contributed by atoms with Crippen molar-refractivity contribution in [3.8, 4) is 0 Å². The molecule has 0 spiro atoms. The number of Topliss-reactive ketones (excluding diaryl/α,β-unsaturated/α-hetero) is 1. The Bertz CT molecular complexity index is 645. The third-order valence-electron chi connectivity index (χ3n) is 6.41. The first kappa shape index (κ1) is 21.7. The summed E-state index contributed by atoms with van der Waals surface area (Å²) in [7, 11) is 0. The van der Waals surface area contributed by atoms with E-state index >= 15 is 0 Å². The van der Waals surface area contributed by atoms with Crippen LogP contribution < -0.4 is 0 Å². The van der Waals surface area contributed by atoms with E-state index in [0.717, 1.165) is 67.2 Å². The summed E-state index contributed by atoms with van der Waals surface area (Å²) in [5, 5.41) is 10.1. The van der Waals surface area contributed by atoms with Crippen molar-refractivity contribution in [2.45, 2.75) is 91.9 Å². The van der Waals surface area contributed by atoms with Crippen molar-refractivity contribution in [3.05, 3.63) is 34.4 Å². The Balaban J connectivity index is 2.42. The van der Waals surface area contributed by atoms with E-state index in [1.807, 2.05) is 32.9 Å². The lowest BCUT2D eigenvalue weighted by atomic mass is 9.60. The second-order valence-electron chi connectivity index (χ2n) is 8.56. The van der Waals surface area contributed by atoms with Crippen LogP contribution in [0, 0.1) is 32.1 Å². The molecule has 0 heterocycles. The number of carboxylic acid groups (broad SMARTS) is 1. The van der Waals surface area contributed by atoms with Crippen LogP contribution in [0.4, 0.5) is 0 Å². The lowest BCUT2D eigenvalue weighted by Crippen LogP contribution is -2.44. The molecule has 0 amide bonds. The van der Waals surface area contributed by atoms with Crippen LogP contribution in [0.3, 0.4) is 0 Å². The SMILES string of the molecule is CCCCCCC(C(=O)O)C1(C(=O)c2c(C)cc(C)cc2C)CCCCC1. The maximum Gasteiger partial charge on any atom is 0.307 e. The molecule has 150 valence electrons. The number of hydrogen-bond acceptors (Lipinski definition) is 2. The van der Waals surface area contributed by atoms with Crippen LogP contribution in [-0.4, -0.2) is 16.9 Å². The smallest absolute Gasteiger partial charge is 0.307 e. The molecule has 1 aliphatic carbocycles. The molecule has 1 atom stereocenters. The van der Waals surface area contributed by atoms with Gasteiger partial charge in [-0.15, -0.1) is 0 Å². The number of carbonyl (C=O) groups excluding carboxylic acids is 1. The summed E-state index contributed by atoms with van der Waals surface area (Å²) >= 11 is 0. The predicted molar refractivity (Wildman–Crippen MR) is 110 cm³/mol. The standard InChI is InChI=1S/C24H36O3/c1-5-6-7-9-12-20(23(26)27)24(13-10-8-11-14-24)22(25)21-18(3)15-17(2)16-19(21)4/h15-16,20H,5-14H2,1-4H3,(H,26,27). The number of carboxylic acids is 1. The molecule has 27 heavy (non-hydrogen) atoms. The van der Waals surface area contributed by atoms with Crippen molar-refractivity contribution in [2.24, 2.45) is 11.3 Å². The van der Waals surface area contributed by atoms with Gasteiger partial charge in [0.15, 0.2) is 5.78 Å². The molecule has 1 aromatic carbocycles. The highest BCUT2D eigenvalue weighted by molar-refractivity contribution is 6.05. The highest BCUT2D eigenvalue weighted by Gasteiger charge is 2.49. The van der Waals surface area contributed by atoms with Crippen molar-refractivity contribution in [1.82, 2.24) is 0 Å². The second kappa shape index (κ2) is 9.52. The van der Waals surface area contributed by atoms with Gasteiger partial charge in [-0.1, -0.05) is 69.6 Å². The highest BCUT2D eigenvalue weighted by atomic mass is 16.4. The Labute approximate surface area is 164 Å². The molecule has 3 nitrogen and oxygen atoms in total. The van der Waals surface area contributed by atoms with Crippen molar-refractivity contribution >= 4 is 11.8 Å². The molecular weight excluding hydrogens is 336 g/mol. The monoisotopic (exact) mass is 372 g/mol.